The summed E-state index contributed by atoms with van der Waals surface area (Å²) < 4.78 is 73.8. The number of hydrogen-bond acceptors (Lipinski definition) is 5. The van der Waals surface area contributed by atoms with Gasteiger partial charge in [-0.1, -0.05) is 30.3 Å². The van der Waals surface area contributed by atoms with Crippen molar-refractivity contribution in [3.63, 3.8) is 0 Å². The molecule has 1 aliphatic heterocycles. The van der Waals surface area contributed by atoms with Gasteiger partial charge in [-0.15, -0.1) is 0 Å². The predicted octanol–water partition coefficient (Wildman–Crippen LogP) is 5.08. The maximum Gasteiger partial charge on any atom is 0.419 e. The Balaban J connectivity index is 1.52. The summed E-state index contributed by atoms with van der Waals surface area (Å²) in [6.07, 6.45) is -3.05. The third-order valence-electron chi connectivity index (χ3n) is 6.01. The van der Waals surface area contributed by atoms with Crippen LogP contribution in [0.25, 0.3) is 22.2 Å². The van der Waals surface area contributed by atoms with E-state index < -0.39 is 34.7 Å². The number of rotatable bonds is 4. The van der Waals surface area contributed by atoms with Crippen LogP contribution in [0.4, 0.5) is 27.8 Å². The first-order chi connectivity index (χ1) is 16.7. The van der Waals surface area contributed by atoms with Crippen molar-refractivity contribution in [2.75, 3.05) is 24.7 Å². The summed E-state index contributed by atoms with van der Waals surface area (Å²) in [4.78, 5) is 6.52. The Kier molecular flexibility index (Phi) is 5.79. The number of anilines is 1. The Morgan fingerprint density at radius 3 is 2.63 bits per heavy atom. The Morgan fingerprint density at radius 1 is 1.11 bits per heavy atom. The molecule has 0 radical (unpaired) electrons. The third kappa shape index (κ3) is 4.27. The Labute approximate surface area is 196 Å². The van der Waals surface area contributed by atoms with Crippen molar-refractivity contribution in [1.82, 2.24) is 15.2 Å². The van der Waals surface area contributed by atoms with Gasteiger partial charge in [0.15, 0.2) is 17.4 Å². The highest BCUT2D eigenvalue weighted by atomic mass is 19.4. The van der Waals surface area contributed by atoms with E-state index in [-0.39, 0.29) is 17.1 Å². The van der Waals surface area contributed by atoms with Crippen molar-refractivity contribution in [2.24, 2.45) is 0 Å². The number of aromatic amines is 1. The lowest BCUT2D eigenvalue weighted by Crippen LogP contribution is -2.47. The first-order valence-electron chi connectivity index (χ1n) is 10.7. The lowest BCUT2D eigenvalue weighted by atomic mass is 10.0. The second-order valence-electron chi connectivity index (χ2n) is 8.22. The van der Waals surface area contributed by atoms with Crippen LogP contribution < -0.4 is 4.90 Å². The number of phenols is 1. The molecule has 5 rings (SSSR count). The molecule has 1 fully saturated rings. The van der Waals surface area contributed by atoms with Crippen LogP contribution in [0.2, 0.25) is 0 Å². The number of hydrogen-bond donors (Lipinski definition) is 2. The minimum Gasteiger partial charge on any atom is -0.503 e. The van der Waals surface area contributed by atoms with Crippen LogP contribution in [-0.2, 0) is 17.3 Å². The van der Waals surface area contributed by atoms with Gasteiger partial charge in [-0.2, -0.15) is 18.3 Å². The number of phenolic OH excluding ortho intramolecular Hbond substituents is 1. The zero-order valence-electron chi connectivity index (χ0n) is 18.1. The van der Waals surface area contributed by atoms with Crippen LogP contribution in [0.15, 0.2) is 48.7 Å². The van der Waals surface area contributed by atoms with Gasteiger partial charge in [-0.25, -0.2) is 13.8 Å². The lowest BCUT2D eigenvalue weighted by molar-refractivity contribution is -0.140. The molecule has 4 aromatic rings. The number of halogens is 5. The van der Waals surface area contributed by atoms with E-state index in [9.17, 15) is 27.1 Å². The molecule has 6 nitrogen and oxygen atoms in total. The second-order valence-corrected chi connectivity index (χ2v) is 8.22. The summed E-state index contributed by atoms with van der Waals surface area (Å²) in [5, 5.41) is 16.5. The number of nitrogens with zero attached hydrogens (tertiary/aromatic N) is 3. The van der Waals surface area contributed by atoms with E-state index in [1.807, 2.05) is 30.3 Å². The number of nitrogens with one attached hydrogen (secondary N) is 1. The number of morpholine rings is 1. The fourth-order valence-electron chi connectivity index (χ4n) is 4.28. The van der Waals surface area contributed by atoms with Crippen LogP contribution in [0.5, 0.6) is 5.75 Å². The smallest absolute Gasteiger partial charge is 0.419 e. The van der Waals surface area contributed by atoms with E-state index >= 15 is 0 Å². The Morgan fingerprint density at radius 2 is 1.89 bits per heavy atom. The molecule has 0 aliphatic carbocycles. The third-order valence-corrected chi connectivity index (χ3v) is 6.01. The van der Waals surface area contributed by atoms with Crippen molar-refractivity contribution < 1.29 is 31.8 Å². The van der Waals surface area contributed by atoms with Crippen molar-refractivity contribution >= 4 is 16.7 Å². The molecule has 1 aliphatic rings. The van der Waals surface area contributed by atoms with Crippen LogP contribution in [-0.4, -0.2) is 46.1 Å². The van der Waals surface area contributed by atoms with Gasteiger partial charge < -0.3 is 14.7 Å². The summed E-state index contributed by atoms with van der Waals surface area (Å²) in [5.74, 6) is -4.73. The molecule has 2 N–H and O–H groups in total. The molecule has 0 spiro atoms. The molecular weight excluding hydrogens is 471 g/mol. The molecule has 2 aromatic carbocycles. The molecule has 11 heteroatoms. The standard InChI is InChI=1S/C24H19F5N4O2/c25-20-15(9-17(24(27,28)29)21(26)23(20)34)22-16-11-30-19(10-18(16)31-32-22)33-6-7-35-12-14(33)8-13-4-2-1-3-5-13/h1-5,9-11,14,34H,6-8,12H2,(H,31,32)/t14-/m1/s1. The maximum absolute atomic E-state index is 14.6. The van der Waals surface area contributed by atoms with Gasteiger partial charge in [0.05, 0.1) is 30.3 Å². The van der Waals surface area contributed by atoms with Gasteiger partial charge >= 0.3 is 6.18 Å². The topological polar surface area (TPSA) is 74.3 Å². The largest absolute Gasteiger partial charge is 0.503 e. The van der Waals surface area contributed by atoms with Gasteiger partial charge in [-0.05, 0) is 18.1 Å². The predicted molar refractivity (Wildman–Crippen MR) is 118 cm³/mol. The summed E-state index contributed by atoms with van der Waals surface area (Å²) >= 11 is 0. The van der Waals surface area contributed by atoms with Gasteiger partial charge in [0, 0.05) is 29.8 Å². The van der Waals surface area contributed by atoms with E-state index in [4.69, 9.17) is 4.74 Å². The van der Waals surface area contributed by atoms with Crippen molar-refractivity contribution in [3.8, 4) is 17.0 Å². The van der Waals surface area contributed by atoms with Gasteiger partial charge in [0.1, 0.15) is 11.5 Å². The molecule has 3 heterocycles. The summed E-state index contributed by atoms with van der Waals surface area (Å²) in [6, 6.07) is 11.9. The highest BCUT2D eigenvalue weighted by Gasteiger charge is 2.38. The first kappa shape index (κ1) is 23.0. The minimum absolute atomic E-state index is 0.000624. The Bertz CT molecular complexity index is 1370. The number of alkyl halides is 3. The normalized spacial score (nSPS) is 16.7. The molecule has 0 amide bonds. The zero-order valence-corrected chi connectivity index (χ0v) is 18.1. The summed E-state index contributed by atoms with van der Waals surface area (Å²) in [6.45, 7) is 1.56. The molecular formula is C24H19F5N4O2. The SMILES string of the molecule is Oc1c(F)c(-c2n[nH]c3cc(N4CCOC[C@H]4Cc4ccccc4)ncc23)cc(C(F)(F)F)c1F. The number of aromatic hydroxyl groups is 1. The van der Waals surface area contributed by atoms with E-state index in [1.165, 1.54) is 6.20 Å². The molecule has 1 atom stereocenters. The number of aromatic nitrogens is 3. The van der Waals surface area contributed by atoms with E-state index in [0.717, 1.165) is 12.0 Å². The summed E-state index contributed by atoms with van der Waals surface area (Å²) in [7, 11) is 0. The lowest BCUT2D eigenvalue weighted by Gasteiger charge is -2.36. The fraction of sp³-hybridized carbons (Fsp3) is 0.250. The zero-order chi connectivity index (χ0) is 24.7. The number of pyridine rings is 1. The number of fused-ring (bicyclic) bond motifs is 1. The van der Waals surface area contributed by atoms with Crippen LogP contribution in [0, 0.1) is 11.6 Å². The van der Waals surface area contributed by atoms with Crippen LogP contribution >= 0.6 is 0 Å². The molecule has 0 unspecified atom stereocenters. The Hall–Kier alpha value is -3.73. The maximum atomic E-state index is 14.6. The first-order valence-corrected chi connectivity index (χ1v) is 10.7. The van der Waals surface area contributed by atoms with E-state index in [0.29, 0.717) is 37.2 Å². The fourth-order valence-corrected chi connectivity index (χ4v) is 4.28. The van der Waals surface area contributed by atoms with Crippen molar-refractivity contribution in [2.45, 2.75) is 18.6 Å². The van der Waals surface area contributed by atoms with Gasteiger partial charge in [-0.3, -0.25) is 5.10 Å². The molecule has 1 saturated heterocycles. The highest BCUT2D eigenvalue weighted by molar-refractivity contribution is 5.94. The average molecular weight is 490 g/mol. The average Bonchev–Trinajstić information content (AvgIpc) is 3.26. The van der Waals surface area contributed by atoms with Crippen molar-refractivity contribution in [3.05, 3.63) is 71.4 Å². The number of H-pyrrole nitrogens is 1. The number of benzene rings is 2. The molecule has 0 bridgehead atoms. The monoisotopic (exact) mass is 490 g/mol. The van der Waals surface area contributed by atoms with Crippen LogP contribution in [0.1, 0.15) is 11.1 Å². The molecule has 2 aromatic heterocycles. The van der Waals surface area contributed by atoms with Crippen LogP contribution in [0.3, 0.4) is 0 Å². The minimum atomic E-state index is -5.13. The molecule has 182 valence electrons. The van der Waals surface area contributed by atoms with Gasteiger partial charge in [0.2, 0.25) is 0 Å². The number of ether oxygens (including phenoxy) is 1. The molecule has 35 heavy (non-hydrogen) atoms. The summed E-state index contributed by atoms with van der Waals surface area (Å²) in [5.41, 5.74) is -1.17. The highest BCUT2D eigenvalue weighted by Crippen LogP contribution is 2.41. The quantitative estimate of drug-likeness (QED) is 0.391. The van der Waals surface area contributed by atoms with Crippen molar-refractivity contribution in [1.29, 1.82) is 0 Å². The van der Waals surface area contributed by atoms with Gasteiger partial charge in [0.25, 0.3) is 0 Å². The van der Waals surface area contributed by atoms with E-state index in [1.54, 1.807) is 6.07 Å². The second kappa shape index (κ2) is 8.81. The molecule has 0 saturated carbocycles. The van der Waals surface area contributed by atoms with E-state index in [2.05, 4.69) is 20.1 Å².